The first kappa shape index (κ1) is 24.3. The largest absolute Gasteiger partial charge is 0.378 e. The number of rotatable bonds is 8. The number of allylic oxidation sites excluding steroid dienone is 1. The lowest BCUT2D eigenvalue weighted by atomic mass is 10.0. The molecule has 8 heteroatoms. The summed E-state index contributed by atoms with van der Waals surface area (Å²) in [4.78, 5) is 20.1. The Kier molecular flexibility index (Phi) is 7.72. The molecule has 2 aromatic heterocycles. The lowest BCUT2D eigenvalue weighted by Crippen LogP contribution is -2.37. The van der Waals surface area contributed by atoms with E-state index in [0.717, 1.165) is 30.9 Å². The topological polar surface area (TPSA) is 72.3 Å². The first-order valence-corrected chi connectivity index (χ1v) is 11.8. The Morgan fingerprint density at radius 3 is 2.66 bits per heavy atom. The molecule has 1 N–H and O–H groups in total. The van der Waals surface area contributed by atoms with Gasteiger partial charge in [0.25, 0.3) is 5.91 Å². The molecule has 3 aromatic rings. The van der Waals surface area contributed by atoms with E-state index in [1.807, 2.05) is 26.0 Å². The van der Waals surface area contributed by atoms with Crippen LogP contribution in [0.5, 0.6) is 0 Å². The maximum atomic E-state index is 13.4. The number of halogens is 1. The number of anilines is 1. The molecule has 0 saturated carbocycles. The van der Waals surface area contributed by atoms with Crippen molar-refractivity contribution in [2.24, 2.45) is 0 Å². The van der Waals surface area contributed by atoms with Gasteiger partial charge in [0, 0.05) is 30.4 Å². The van der Waals surface area contributed by atoms with Crippen molar-refractivity contribution >= 4 is 23.4 Å². The number of nitrogens with zero attached hydrogens (tertiary/aromatic N) is 4. The number of amides is 1. The van der Waals surface area contributed by atoms with E-state index < -0.39 is 0 Å². The van der Waals surface area contributed by atoms with Crippen molar-refractivity contribution in [2.45, 2.75) is 26.3 Å². The highest BCUT2D eigenvalue weighted by atomic mass is 19.1. The van der Waals surface area contributed by atoms with E-state index in [-0.39, 0.29) is 17.8 Å². The van der Waals surface area contributed by atoms with Crippen molar-refractivity contribution < 1.29 is 13.9 Å². The van der Waals surface area contributed by atoms with Gasteiger partial charge in [0.2, 0.25) is 0 Å². The summed E-state index contributed by atoms with van der Waals surface area (Å²) >= 11 is 0. The van der Waals surface area contributed by atoms with Crippen LogP contribution in [0, 0.1) is 5.82 Å². The molecule has 1 atom stereocenters. The van der Waals surface area contributed by atoms with Crippen LogP contribution in [0.4, 0.5) is 10.2 Å². The standard InChI is InChI=1S/C27H30FN5O2/c1-4-22(23-18-30-33(25(23)6-3)21-9-7-20(28)8-10-21)27(34)31-24(5-2)19-11-12-29-26(17-19)32-13-15-35-16-14-32/h4,6-12,17-18,24H,3,5,13-16H2,1-2H3,(H,31,34)/b22-4+. The zero-order valence-electron chi connectivity index (χ0n) is 20.1. The van der Waals surface area contributed by atoms with Crippen LogP contribution in [0.3, 0.4) is 0 Å². The van der Waals surface area contributed by atoms with Crippen LogP contribution in [-0.2, 0) is 9.53 Å². The summed E-state index contributed by atoms with van der Waals surface area (Å²) in [5.41, 5.74) is 3.49. The number of carbonyl (C=O) groups is 1. The summed E-state index contributed by atoms with van der Waals surface area (Å²) in [6.45, 7) is 10.7. The number of ether oxygens (including phenoxy) is 1. The van der Waals surface area contributed by atoms with E-state index in [1.165, 1.54) is 12.1 Å². The number of hydrogen-bond acceptors (Lipinski definition) is 5. The van der Waals surface area contributed by atoms with Gasteiger partial charge in [-0.05, 0) is 61.4 Å². The van der Waals surface area contributed by atoms with Crippen molar-refractivity contribution in [1.82, 2.24) is 20.1 Å². The summed E-state index contributed by atoms with van der Waals surface area (Å²) in [7, 11) is 0. The minimum absolute atomic E-state index is 0.181. The number of hydrogen-bond donors (Lipinski definition) is 1. The van der Waals surface area contributed by atoms with E-state index in [1.54, 1.807) is 41.4 Å². The highest BCUT2D eigenvalue weighted by Gasteiger charge is 2.22. The van der Waals surface area contributed by atoms with E-state index >= 15 is 0 Å². The molecule has 35 heavy (non-hydrogen) atoms. The quantitative estimate of drug-likeness (QED) is 0.484. The van der Waals surface area contributed by atoms with E-state index in [9.17, 15) is 9.18 Å². The molecule has 0 bridgehead atoms. The van der Waals surface area contributed by atoms with Gasteiger partial charge in [-0.15, -0.1) is 0 Å². The lowest BCUT2D eigenvalue weighted by Gasteiger charge is -2.28. The van der Waals surface area contributed by atoms with Gasteiger partial charge in [0.05, 0.1) is 36.8 Å². The monoisotopic (exact) mass is 475 g/mol. The molecule has 182 valence electrons. The normalized spacial score (nSPS) is 15.1. The van der Waals surface area contributed by atoms with Crippen LogP contribution >= 0.6 is 0 Å². The number of carbonyl (C=O) groups excluding carboxylic acids is 1. The van der Waals surface area contributed by atoms with Gasteiger partial charge in [-0.1, -0.05) is 19.6 Å². The average Bonchev–Trinajstić information content (AvgIpc) is 3.32. The Bertz CT molecular complexity index is 1210. The van der Waals surface area contributed by atoms with Crippen LogP contribution in [0.1, 0.15) is 43.1 Å². The first-order valence-electron chi connectivity index (χ1n) is 11.8. The summed E-state index contributed by atoms with van der Waals surface area (Å²) in [6, 6.07) is 9.82. The van der Waals surface area contributed by atoms with Crippen LogP contribution in [0.2, 0.25) is 0 Å². The molecule has 7 nitrogen and oxygen atoms in total. The number of benzene rings is 1. The average molecular weight is 476 g/mol. The van der Waals surface area contributed by atoms with Crippen molar-refractivity contribution in [3.8, 4) is 5.69 Å². The molecule has 1 unspecified atom stereocenters. The highest BCUT2D eigenvalue weighted by molar-refractivity contribution is 6.20. The van der Waals surface area contributed by atoms with Crippen LogP contribution in [0.25, 0.3) is 17.3 Å². The van der Waals surface area contributed by atoms with Gasteiger partial charge in [0.1, 0.15) is 11.6 Å². The van der Waals surface area contributed by atoms with Crippen LogP contribution in [0.15, 0.2) is 61.4 Å². The van der Waals surface area contributed by atoms with Gasteiger partial charge >= 0.3 is 0 Å². The molecule has 4 rings (SSSR count). The molecule has 0 radical (unpaired) electrons. The summed E-state index contributed by atoms with van der Waals surface area (Å²) in [5.74, 6) is 0.360. The Morgan fingerprint density at radius 1 is 1.26 bits per heavy atom. The van der Waals surface area contributed by atoms with E-state index in [4.69, 9.17) is 4.74 Å². The highest BCUT2D eigenvalue weighted by Crippen LogP contribution is 2.26. The molecule has 1 saturated heterocycles. The van der Waals surface area contributed by atoms with Gasteiger partial charge in [-0.3, -0.25) is 4.79 Å². The fourth-order valence-corrected chi connectivity index (χ4v) is 4.23. The third-order valence-electron chi connectivity index (χ3n) is 6.12. The molecule has 1 amide bonds. The maximum absolute atomic E-state index is 13.4. The summed E-state index contributed by atoms with van der Waals surface area (Å²) in [5, 5.41) is 7.61. The van der Waals surface area contributed by atoms with Crippen LogP contribution < -0.4 is 10.2 Å². The van der Waals surface area contributed by atoms with Crippen LogP contribution in [-0.4, -0.2) is 47.0 Å². The van der Waals surface area contributed by atoms with Gasteiger partial charge < -0.3 is 15.0 Å². The predicted octanol–water partition coefficient (Wildman–Crippen LogP) is 4.56. The Balaban J connectivity index is 1.57. The molecule has 1 fully saturated rings. The molecular formula is C27H30FN5O2. The Morgan fingerprint density at radius 2 is 2.00 bits per heavy atom. The second kappa shape index (κ2) is 11.1. The fourth-order valence-electron chi connectivity index (χ4n) is 4.23. The van der Waals surface area contributed by atoms with Crippen molar-refractivity contribution in [3.63, 3.8) is 0 Å². The Hall–Kier alpha value is -3.78. The third-order valence-corrected chi connectivity index (χ3v) is 6.12. The minimum Gasteiger partial charge on any atom is -0.378 e. The number of nitrogens with one attached hydrogen (secondary N) is 1. The van der Waals surface area contributed by atoms with E-state index in [0.29, 0.717) is 35.7 Å². The Labute approximate surface area is 204 Å². The zero-order chi connectivity index (χ0) is 24.8. The summed E-state index contributed by atoms with van der Waals surface area (Å²) in [6.07, 6.45) is 7.57. The SMILES string of the molecule is C=Cc1c(/C(=C\C)C(=O)NC(CC)c2ccnc(N3CCOCC3)c2)cnn1-c1ccc(F)cc1. The smallest absolute Gasteiger partial charge is 0.252 e. The fraction of sp³-hybridized carbons (Fsp3) is 0.296. The van der Waals surface area contributed by atoms with Crippen molar-refractivity contribution in [3.05, 3.63) is 84.1 Å². The molecule has 1 aromatic carbocycles. The number of aromatic nitrogens is 3. The van der Waals surface area contributed by atoms with Gasteiger partial charge in [-0.2, -0.15) is 5.10 Å². The number of morpholine rings is 1. The molecular weight excluding hydrogens is 445 g/mol. The molecule has 3 heterocycles. The minimum atomic E-state index is -0.326. The van der Waals surface area contributed by atoms with E-state index in [2.05, 4.69) is 26.9 Å². The van der Waals surface area contributed by atoms with Crippen molar-refractivity contribution in [2.75, 3.05) is 31.2 Å². The zero-order valence-corrected chi connectivity index (χ0v) is 20.1. The molecule has 0 spiro atoms. The van der Waals surface area contributed by atoms with Crippen molar-refractivity contribution in [1.29, 1.82) is 0 Å². The molecule has 1 aliphatic heterocycles. The summed E-state index contributed by atoms with van der Waals surface area (Å²) < 4.78 is 20.5. The molecule has 0 aliphatic carbocycles. The lowest BCUT2D eigenvalue weighted by molar-refractivity contribution is -0.116. The second-order valence-corrected chi connectivity index (χ2v) is 8.22. The predicted molar refractivity (Wildman–Crippen MR) is 136 cm³/mol. The van der Waals surface area contributed by atoms with Gasteiger partial charge in [-0.25, -0.2) is 14.1 Å². The second-order valence-electron chi connectivity index (χ2n) is 8.22. The maximum Gasteiger partial charge on any atom is 0.252 e. The van der Waals surface area contributed by atoms with Gasteiger partial charge in [0.15, 0.2) is 0 Å². The molecule has 1 aliphatic rings. The third kappa shape index (κ3) is 5.33. The number of pyridine rings is 1. The first-order chi connectivity index (χ1) is 17.0.